The van der Waals surface area contributed by atoms with Crippen molar-refractivity contribution >= 4 is 5.97 Å². The molecule has 3 aromatic rings. The van der Waals surface area contributed by atoms with Crippen molar-refractivity contribution in [2.45, 2.75) is 19.9 Å². The molecular weight excluding hydrogens is 412 g/mol. The molecule has 1 aliphatic rings. The van der Waals surface area contributed by atoms with Gasteiger partial charge in [0.05, 0.1) is 31.5 Å². The number of hydrogen-bond acceptors (Lipinski definition) is 7. The summed E-state index contributed by atoms with van der Waals surface area (Å²) in [6.45, 7) is 6.00. The largest absolute Gasteiger partial charge is 0.507 e. The number of methoxy groups -OCH3 is 1. The van der Waals surface area contributed by atoms with Gasteiger partial charge in [0.15, 0.2) is 11.5 Å². The van der Waals surface area contributed by atoms with Gasteiger partial charge in [-0.1, -0.05) is 36.3 Å². The predicted octanol–water partition coefficient (Wildman–Crippen LogP) is 3.82. The number of nitrogens with zero attached hydrogens (tertiary/aromatic N) is 2. The molecule has 0 unspecified atom stereocenters. The van der Waals surface area contributed by atoms with Gasteiger partial charge in [-0.15, -0.1) is 0 Å². The lowest BCUT2D eigenvalue weighted by Gasteiger charge is -2.26. The zero-order valence-electron chi connectivity index (χ0n) is 18.1. The molecule has 2 heterocycles. The molecule has 0 saturated carbocycles. The summed E-state index contributed by atoms with van der Waals surface area (Å²) in [5.74, 6) is -0.507. The van der Waals surface area contributed by atoms with Crippen LogP contribution in [0.25, 0.3) is 22.5 Å². The van der Waals surface area contributed by atoms with Gasteiger partial charge in [-0.3, -0.25) is 4.90 Å². The molecule has 0 radical (unpaired) electrons. The molecule has 168 valence electrons. The Kier molecular flexibility index (Phi) is 6.43. The van der Waals surface area contributed by atoms with Gasteiger partial charge in [-0.05, 0) is 29.2 Å². The average Bonchev–Trinajstić information content (AvgIpc) is 3.25. The zero-order chi connectivity index (χ0) is 22.7. The quantitative estimate of drug-likeness (QED) is 0.574. The van der Waals surface area contributed by atoms with Crippen LogP contribution in [0.2, 0.25) is 0 Å². The number of carboxylic acids is 1. The van der Waals surface area contributed by atoms with E-state index in [9.17, 15) is 15.0 Å². The molecule has 0 amide bonds. The van der Waals surface area contributed by atoms with Crippen LogP contribution in [-0.4, -0.2) is 59.7 Å². The Morgan fingerprint density at radius 2 is 1.91 bits per heavy atom. The molecular formula is C24H26N2O6. The van der Waals surface area contributed by atoms with Crippen LogP contribution in [0.1, 0.15) is 28.5 Å². The standard InChI is InChI=1S/C24H26N2O6/c1-3-16-12-18(19(27)13-20(16)30-2)23-21(22(24(28)29)25-32-23)17-6-4-15(5-7-17)14-26-8-10-31-11-9-26/h4-7,12-13,27H,3,8-11,14H2,1-2H3,(H,28,29). The second-order valence-electron chi connectivity index (χ2n) is 7.66. The van der Waals surface area contributed by atoms with E-state index in [4.69, 9.17) is 14.0 Å². The molecule has 2 N–H and O–H groups in total. The Bertz CT molecular complexity index is 1100. The summed E-state index contributed by atoms with van der Waals surface area (Å²) in [6.07, 6.45) is 0.669. The van der Waals surface area contributed by atoms with Gasteiger partial charge < -0.3 is 24.2 Å². The molecule has 1 aliphatic heterocycles. The monoisotopic (exact) mass is 438 g/mol. The third kappa shape index (κ3) is 4.32. The van der Waals surface area contributed by atoms with Crippen LogP contribution in [0.3, 0.4) is 0 Å². The number of phenolic OH excluding ortho intramolecular Hbond substituents is 1. The van der Waals surface area contributed by atoms with Crippen molar-refractivity contribution in [3.05, 3.63) is 53.2 Å². The van der Waals surface area contributed by atoms with Gasteiger partial charge >= 0.3 is 5.97 Å². The van der Waals surface area contributed by atoms with Crippen LogP contribution in [-0.2, 0) is 17.7 Å². The van der Waals surface area contributed by atoms with Crippen LogP contribution >= 0.6 is 0 Å². The summed E-state index contributed by atoms with van der Waals surface area (Å²) < 4.78 is 16.2. The van der Waals surface area contributed by atoms with Crippen LogP contribution in [0.4, 0.5) is 0 Å². The normalized spacial score (nSPS) is 14.4. The number of aromatic nitrogens is 1. The molecule has 4 rings (SSSR count). The lowest BCUT2D eigenvalue weighted by Crippen LogP contribution is -2.35. The van der Waals surface area contributed by atoms with Crippen molar-refractivity contribution in [1.29, 1.82) is 0 Å². The second-order valence-corrected chi connectivity index (χ2v) is 7.66. The minimum Gasteiger partial charge on any atom is -0.507 e. The summed E-state index contributed by atoms with van der Waals surface area (Å²) in [4.78, 5) is 14.2. The van der Waals surface area contributed by atoms with Crippen molar-refractivity contribution in [2.24, 2.45) is 0 Å². The molecule has 1 aromatic heterocycles. The summed E-state index contributed by atoms with van der Waals surface area (Å²) in [6, 6.07) is 10.9. The molecule has 0 bridgehead atoms. The fraction of sp³-hybridized carbons (Fsp3) is 0.333. The predicted molar refractivity (Wildman–Crippen MR) is 118 cm³/mol. The molecule has 0 spiro atoms. The van der Waals surface area contributed by atoms with E-state index >= 15 is 0 Å². The summed E-state index contributed by atoms with van der Waals surface area (Å²) in [5.41, 5.74) is 3.13. The molecule has 8 nitrogen and oxygen atoms in total. The Labute approximate surface area is 186 Å². The van der Waals surface area contributed by atoms with E-state index in [2.05, 4.69) is 10.1 Å². The van der Waals surface area contributed by atoms with Crippen LogP contribution in [0, 0.1) is 0 Å². The number of aromatic hydroxyl groups is 1. The number of aryl methyl sites for hydroxylation is 1. The van der Waals surface area contributed by atoms with Gasteiger partial charge in [0.1, 0.15) is 11.5 Å². The van der Waals surface area contributed by atoms with Crippen LogP contribution < -0.4 is 4.74 Å². The van der Waals surface area contributed by atoms with Crippen molar-refractivity contribution < 1.29 is 29.0 Å². The van der Waals surface area contributed by atoms with E-state index in [1.807, 2.05) is 31.2 Å². The Hall–Kier alpha value is -3.36. The number of ether oxygens (including phenoxy) is 2. The first-order valence-electron chi connectivity index (χ1n) is 10.5. The van der Waals surface area contributed by atoms with E-state index in [0.29, 0.717) is 28.9 Å². The maximum Gasteiger partial charge on any atom is 0.358 e. The van der Waals surface area contributed by atoms with Gasteiger partial charge in [0, 0.05) is 25.7 Å². The van der Waals surface area contributed by atoms with E-state index in [1.165, 1.54) is 13.2 Å². The van der Waals surface area contributed by atoms with Gasteiger partial charge in [0.25, 0.3) is 0 Å². The number of benzene rings is 2. The first kappa shape index (κ1) is 21.9. The highest BCUT2D eigenvalue weighted by atomic mass is 16.5. The number of morpholine rings is 1. The van der Waals surface area contributed by atoms with Crippen molar-refractivity contribution in [1.82, 2.24) is 10.1 Å². The maximum absolute atomic E-state index is 11.9. The fourth-order valence-electron chi connectivity index (χ4n) is 3.94. The van der Waals surface area contributed by atoms with Gasteiger partial charge in [0.2, 0.25) is 0 Å². The minimum atomic E-state index is -1.20. The third-order valence-electron chi connectivity index (χ3n) is 5.67. The van der Waals surface area contributed by atoms with E-state index in [-0.39, 0.29) is 17.2 Å². The van der Waals surface area contributed by atoms with Crippen molar-refractivity contribution in [3.8, 4) is 33.9 Å². The van der Waals surface area contributed by atoms with E-state index < -0.39 is 5.97 Å². The molecule has 1 fully saturated rings. The van der Waals surface area contributed by atoms with E-state index in [0.717, 1.165) is 44.0 Å². The number of hydrogen-bond donors (Lipinski definition) is 2. The second kappa shape index (κ2) is 9.42. The maximum atomic E-state index is 11.9. The van der Waals surface area contributed by atoms with Crippen molar-refractivity contribution in [3.63, 3.8) is 0 Å². The molecule has 0 aliphatic carbocycles. The summed E-state index contributed by atoms with van der Waals surface area (Å²) >= 11 is 0. The number of phenols is 1. The Morgan fingerprint density at radius 3 is 2.53 bits per heavy atom. The van der Waals surface area contributed by atoms with Crippen LogP contribution in [0.5, 0.6) is 11.5 Å². The van der Waals surface area contributed by atoms with Gasteiger partial charge in [-0.2, -0.15) is 0 Å². The topological polar surface area (TPSA) is 105 Å². The molecule has 32 heavy (non-hydrogen) atoms. The number of rotatable bonds is 7. The Balaban J connectivity index is 1.73. The highest BCUT2D eigenvalue weighted by Gasteiger charge is 2.26. The zero-order valence-corrected chi connectivity index (χ0v) is 18.1. The first-order chi connectivity index (χ1) is 15.5. The average molecular weight is 438 g/mol. The van der Waals surface area contributed by atoms with Gasteiger partial charge in [-0.25, -0.2) is 4.79 Å². The molecule has 1 saturated heterocycles. The SMILES string of the molecule is CCc1cc(-c2onc(C(=O)O)c2-c2ccc(CN3CCOCC3)cc2)c(O)cc1OC. The highest BCUT2D eigenvalue weighted by molar-refractivity contribution is 5.99. The smallest absolute Gasteiger partial charge is 0.358 e. The lowest BCUT2D eigenvalue weighted by molar-refractivity contribution is 0.0342. The number of aromatic carboxylic acids is 1. The third-order valence-corrected chi connectivity index (χ3v) is 5.67. The number of carbonyl (C=O) groups is 1. The molecule has 0 atom stereocenters. The first-order valence-corrected chi connectivity index (χ1v) is 10.5. The van der Waals surface area contributed by atoms with Crippen molar-refractivity contribution in [2.75, 3.05) is 33.4 Å². The summed E-state index contributed by atoms with van der Waals surface area (Å²) in [7, 11) is 1.54. The fourth-order valence-corrected chi connectivity index (χ4v) is 3.94. The molecule has 8 heteroatoms. The van der Waals surface area contributed by atoms with Crippen LogP contribution in [0.15, 0.2) is 40.9 Å². The number of carboxylic acid groups (broad SMARTS) is 1. The highest BCUT2D eigenvalue weighted by Crippen LogP contribution is 2.42. The minimum absolute atomic E-state index is 0.0719. The summed E-state index contributed by atoms with van der Waals surface area (Å²) in [5, 5.41) is 24.1. The van der Waals surface area contributed by atoms with E-state index in [1.54, 1.807) is 6.07 Å². The Morgan fingerprint density at radius 1 is 1.19 bits per heavy atom. The molecule has 2 aromatic carbocycles. The lowest BCUT2D eigenvalue weighted by atomic mass is 9.96.